The second-order valence-corrected chi connectivity index (χ2v) is 9.14. The molecule has 0 saturated heterocycles. The molecule has 1 amide bonds. The first-order valence-electron chi connectivity index (χ1n) is 10.1. The molecule has 30 heavy (non-hydrogen) atoms. The van der Waals surface area contributed by atoms with E-state index in [9.17, 15) is 14.7 Å². The molecule has 8 heteroatoms. The number of nitrogens with zero attached hydrogens (tertiary/aromatic N) is 2. The van der Waals surface area contributed by atoms with Crippen LogP contribution in [0.3, 0.4) is 0 Å². The first-order chi connectivity index (χ1) is 14.0. The quantitative estimate of drug-likeness (QED) is 0.585. The molecule has 2 rings (SSSR count). The van der Waals surface area contributed by atoms with Gasteiger partial charge in [-0.05, 0) is 77.1 Å². The first-order valence-corrected chi connectivity index (χ1v) is 10.9. The van der Waals surface area contributed by atoms with Crippen LogP contribution in [0.1, 0.15) is 61.6 Å². The zero-order valence-corrected chi connectivity index (χ0v) is 19.1. The van der Waals surface area contributed by atoms with E-state index >= 15 is 0 Å². The van der Waals surface area contributed by atoms with Crippen LogP contribution in [0.2, 0.25) is 0 Å². The number of ether oxygens (including phenoxy) is 1. The summed E-state index contributed by atoms with van der Waals surface area (Å²) in [6.07, 6.45) is 2.00. The zero-order valence-electron chi connectivity index (χ0n) is 18.3. The number of amides is 1. The van der Waals surface area contributed by atoms with E-state index in [0.717, 1.165) is 36.1 Å². The maximum atomic E-state index is 11.7. The Bertz CT molecular complexity index is 934. The highest BCUT2D eigenvalue weighted by Gasteiger charge is 2.15. The minimum atomic E-state index is -0.959. The lowest BCUT2D eigenvalue weighted by atomic mass is 10.1. The largest absolute Gasteiger partial charge is 0.477 e. The molecule has 0 spiro atoms. The fraction of sp³-hybridized carbons (Fsp3) is 0.500. The molecule has 1 aromatic heterocycles. The minimum Gasteiger partial charge on any atom is -0.477 e. The number of aromatic carboxylic acids is 1. The van der Waals surface area contributed by atoms with E-state index in [-0.39, 0.29) is 5.69 Å². The molecule has 2 aromatic rings. The number of aromatic nitrogens is 1. The highest BCUT2D eigenvalue weighted by molar-refractivity contribution is 7.07. The van der Waals surface area contributed by atoms with E-state index in [1.807, 2.05) is 46.8 Å². The Morgan fingerprint density at radius 3 is 2.40 bits per heavy atom. The smallest absolute Gasteiger partial charge is 0.407 e. The number of nitrogens with one attached hydrogen (secondary N) is 1. The van der Waals surface area contributed by atoms with Crippen LogP contribution >= 0.6 is 11.3 Å². The van der Waals surface area contributed by atoms with E-state index in [0.29, 0.717) is 17.9 Å². The van der Waals surface area contributed by atoms with Gasteiger partial charge in [0, 0.05) is 18.5 Å². The minimum absolute atomic E-state index is 0.245. The molecular weight excluding hydrogens is 402 g/mol. The van der Waals surface area contributed by atoms with Gasteiger partial charge < -0.3 is 19.7 Å². The summed E-state index contributed by atoms with van der Waals surface area (Å²) in [5, 5.41) is 13.9. The maximum absolute atomic E-state index is 11.7. The lowest BCUT2D eigenvalue weighted by molar-refractivity contribution is 0.0526. The summed E-state index contributed by atoms with van der Waals surface area (Å²) in [4.78, 5) is 28.6. The van der Waals surface area contributed by atoms with E-state index in [1.165, 1.54) is 11.3 Å². The third kappa shape index (κ3) is 7.67. The maximum Gasteiger partial charge on any atom is 0.407 e. The molecular formula is C22H31N3O4S. The second-order valence-electron chi connectivity index (χ2n) is 8.31. The van der Waals surface area contributed by atoms with Gasteiger partial charge in [-0.2, -0.15) is 0 Å². The summed E-state index contributed by atoms with van der Waals surface area (Å²) in [6.45, 7) is 10.6. The number of hydrogen-bond acceptors (Lipinski definition) is 5. The highest BCUT2D eigenvalue weighted by atomic mass is 32.1. The summed E-state index contributed by atoms with van der Waals surface area (Å²) in [6, 6.07) is 6.05. The van der Waals surface area contributed by atoms with Crippen LogP contribution in [0.15, 0.2) is 28.6 Å². The average molecular weight is 434 g/mol. The Morgan fingerprint density at radius 1 is 1.13 bits per heavy atom. The van der Waals surface area contributed by atoms with Crippen LogP contribution in [0, 0.1) is 13.8 Å². The van der Waals surface area contributed by atoms with Crippen LogP contribution in [0.4, 0.5) is 10.5 Å². The molecule has 0 radical (unpaired) electrons. The van der Waals surface area contributed by atoms with Gasteiger partial charge in [0.2, 0.25) is 0 Å². The van der Waals surface area contributed by atoms with Gasteiger partial charge in [-0.3, -0.25) is 0 Å². The topological polar surface area (TPSA) is 92.9 Å². The monoisotopic (exact) mass is 433 g/mol. The van der Waals surface area contributed by atoms with Crippen LogP contribution in [0.25, 0.3) is 0 Å². The fourth-order valence-corrected chi connectivity index (χ4v) is 3.93. The number of carbonyl (C=O) groups is 2. The SMILES string of the molecule is Cc1cc(C)cc(/N=c2\scc(C(=O)O)n2CCCCCNC(=O)OC(C)(C)C)c1. The van der Waals surface area contributed by atoms with E-state index in [4.69, 9.17) is 4.74 Å². The fourth-order valence-electron chi connectivity index (χ4n) is 3.01. The van der Waals surface area contributed by atoms with Crippen molar-refractivity contribution < 1.29 is 19.4 Å². The Kier molecular flexibility index (Phi) is 8.23. The van der Waals surface area contributed by atoms with Gasteiger partial charge in [0.25, 0.3) is 0 Å². The molecule has 2 N–H and O–H groups in total. The lowest BCUT2D eigenvalue weighted by Gasteiger charge is -2.19. The Hall–Kier alpha value is -2.61. The number of thiazole rings is 1. The third-order valence-corrected chi connectivity index (χ3v) is 5.04. The standard InChI is InChI=1S/C22H31N3O4S/c1-15-11-16(2)13-17(12-15)24-20-25(18(14-30-20)19(26)27)10-8-6-7-9-23-21(28)29-22(3,4)5/h11-14H,6-10H2,1-5H3,(H,23,28)(H,26,27)/b24-20-. The molecule has 164 valence electrons. The number of benzene rings is 1. The van der Waals surface area contributed by atoms with Crippen molar-refractivity contribution in [2.45, 2.75) is 66.0 Å². The van der Waals surface area contributed by atoms with Crippen molar-refractivity contribution in [3.05, 3.63) is 45.2 Å². The summed E-state index contributed by atoms with van der Waals surface area (Å²) in [7, 11) is 0. The number of alkyl carbamates (subject to hydrolysis) is 1. The molecule has 0 aliphatic rings. The summed E-state index contributed by atoms with van der Waals surface area (Å²) in [5.74, 6) is -0.959. The number of carboxylic acids is 1. The van der Waals surface area contributed by atoms with E-state index < -0.39 is 17.7 Å². The molecule has 0 aliphatic carbocycles. The summed E-state index contributed by atoms with van der Waals surface area (Å²) in [5.41, 5.74) is 2.79. The zero-order chi connectivity index (χ0) is 22.3. The Labute approximate surface area is 181 Å². The van der Waals surface area contributed by atoms with Crippen molar-refractivity contribution in [2.75, 3.05) is 6.54 Å². The Morgan fingerprint density at radius 2 is 1.80 bits per heavy atom. The normalized spacial score (nSPS) is 12.1. The Balaban J connectivity index is 1.98. The number of rotatable bonds is 8. The molecule has 0 saturated carbocycles. The average Bonchev–Trinajstić information content (AvgIpc) is 2.98. The van der Waals surface area contributed by atoms with Gasteiger partial charge in [-0.25, -0.2) is 14.6 Å². The van der Waals surface area contributed by atoms with Crippen LogP contribution in [0.5, 0.6) is 0 Å². The molecule has 1 aromatic carbocycles. The third-order valence-electron chi connectivity index (χ3n) is 4.17. The summed E-state index contributed by atoms with van der Waals surface area (Å²) >= 11 is 1.33. The van der Waals surface area contributed by atoms with Crippen LogP contribution < -0.4 is 10.1 Å². The number of carbonyl (C=O) groups excluding carboxylic acids is 1. The van der Waals surface area contributed by atoms with Crippen LogP contribution in [-0.4, -0.2) is 33.9 Å². The van der Waals surface area contributed by atoms with Gasteiger partial charge in [-0.15, -0.1) is 11.3 Å². The molecule has 0 fully saturated rings. The second kappa shape index (κ2) is 10.4. The molecule has 0 aliphatic heterocycles. The van der Waals surface area contributed by atoms with Crippen molar-refractivity contribution in [3.63, 3.8) is 0 Å². The van der Waals surface area contributed by atoms with Gasteiger partial charge in [0.15, 0.2) is 4.80 Å². The number of carboxylic acid groups (broad SMARTS) is 1. The molecule has 1 heterocycles. The molecule has 7 nitrogen and oxygen atoms in total. The van der Waals surface area contributed by atoms with Crippen molar-refractivity contribution in [2.24, 2.45) is 4.99 Å². The van der Waals surface area contributed by atoms with Gasteiger partial charge >= 0.3 is 12.1 Å². The van der Waals surface area contributed by atoms with Gasteiger partial charge in [0.1, 0.15) is 11.3 Å². The molecule has 0 unspecified atom stereocenters. The van der Waals surface area contributed by atoms with Crippen molar-refractivity contribution in [3.8, 4) is 0 Å². The van der Waals surface area contributed by atoms with E-state index in [2.05, 4.69) is 16.4 Å². The predicted octanol–water partition coefficient (Wildman–Crippen LogP) is 4.79. The van der Waals surface area contributed by atoms with Crippen LogP contribution in [-0.2, 0) is 11.3 Å². The number of unbranched alkanes of at least 4 members (excludes halogenated alkanes) is 2. The van der Waals surface area contributed by atoms with Gasteiger partial charge in [-0.1, -0.05) is 6.07 Å². The van der Waals surface area contributed by atoms with E-state index in [1.54, 1.807) is 9.95 Å². The lowest BCUT2D eigenvalue weighted by Crippen LogP contribution is -2.33. The van der Waals surface area contributed by atoms with Crippen molar-refractivity contribution in [1.29, 1.82) is 0 Å². The highest BCUT2D eigenvalue weighted by Crippen LogP contribution is 2.17. The summed E-state index contributed by atoms with van der Waals surface area (Å²) < 4.78 is 6.96. The molecule has 0 bridgehead atoms. The number of hydrogen-bond donors (Lipinski definition) is 2. The number of aryl methyl sites for hydroxylation is 2. The predicted molar refractivity (Wildman–Crippen MR) is 118 cm³/mol. The van der Waals surface area contributed by atoms with Crippen molar-refractivity contribution in [1.82, 2.24) is 9.88 Å². The van der Waals surface area contributed by atoms with Crippen molar-refractivity contribution >= 4 is 29.1 Å². The first kappa shape index (κ1) is 23.7. The molecule has 0 atom stereocenters. The van der Waals surface area contributed by atoms with Gasteiger partial charge in [0.05, 0.1) is 5.69 Å².